The first kappa shape index (κ1) is 23.5. The van der Waals surface area contributed by atoms with Crippen molar-refractivity contribution in [2.24, 2.45) is 0 Å². The first-order valence-electron chi connectivity index (χ1n) is 13.9. The van der Waals surface area contributed by atoms with E-state index in [0.29, 0.717) is 11.5 Å². The van der Waals surface area contributed by atoms with Crippen molar-refractivity contribution in [2.75, 3.05) is 0 Å². The third-order valence-corrected chi connectivity index (χ3v) is 8.08. The molecule has 0 atom stereocenters. The Morgan fingerprint density at radius 2 is 1.20 bits per heavy atom. The van der Waals surface area contributed by atoms with Gasteiger partial charge in [0.25, 0.3) is 0 Å². The fourth-order valence-corrected chi connectivity index (χ4v) is 6.06. The second-order valence-corrected chi connectivity index (χ2v) is 10.5. The number of pyridine rings is 1. The highest BCUT2D eigenvalue weighted by Gasteiger charge is 2.12. The average Bonchev–Trinajstić information content (AvgIpc) is 3.05. The molecule has 194 valence electrons. The van der Waals surface area contributed by atoms with Gasteiger partial charge in [0, 0.05) is 11.8 Å². The second kappa shape index (κ2) is 9.39. The van der Waals surface area contributed by atoms with Crippen LogP contribution in [0, 0.1) is 0 Å². The molecular weight excluding hydrogens is 502 g/mol. The van der Waals surface area contributed by atoms with Gasteiger partial charge in [-0.05, 0) is 91.7 Å². The minimum Gasteiger partial charge on any atom is -0.251 e. The SMILES string of the molecule is O=c1nc(C2=CCCC=C2)nc2ccc(-c3cccc(-c4ccc5c6ccccc6c6ccccc6c5c4)c3)cn12. The van der Waals surface area contributed by atoms with E-state index in [0.717, 1.165) is 40.7 Å². The van der Waals surface area contributed by atoms with Crippen LogP contribution in [0.15, 0.2) is 132 Å². The van der Waals surface area contributed by atoms with Crippen molar-refractivity contribution in [1.29, 1.82) is 0 Å². The number of hydrogen-bond donors (Lipinski definition) is 0. The maximum absolute atomic E-state index is 13.0. The fourth-order valence-electron chi connectivity index (χ4n) is 6.06. The van der Waals surface area contributed by atoms with E-state index in [4.69, 9.17) is 0 Å². The molecule has 2 heterocycles. The van der Waals surface area contributed by atoms with Gasteiger partial charge >= 0.3 is 5.69 Å². The first-order valence-corrected chi connectivity index (χ1v) is 13.9. The van der Waals surface area contributed by atoms with Crippen LogP contribution >= 0.6 is 0 Å². The predicted octanol–water partition coefficient (Wildman–Crippen LogP) is 8.62. The van der Waals surface area contributed by atoms with Gasteiger partial charge in [0.1, 0.15) is 5.65 Å². The van der Waals surface area contributed by atoms with Crippen LogP contribution in [0.2, 0.25) is 0 Å². The summed E-state index contributed by atoms with van der Waals surface area (Å²) in [5.74, 6) is 0.484. The lowest BCUT2D eigenvalue weighted by atomic mass is 9.91. The number of fused-ring (bicyclic) bond motifs is 7. The topological polar surface area (TPSA) is 47.3 Å². The zero-order chi connectivity index (χ0) is 27.3. The van der Waals surface area contributed by atoms with Crippen LogP contribution in [0.4, 0.5) is 0 Å². The van der Waals surface area contributed by atoms with Gasteiger partial charge in [-0.25, -0.2) is 9.78 Å². The van der Waals surface area contributed by atoms with Gasteiger partial charge in [0.2, 0.25) is 0 Å². The molecule has 4 nitrogen and oxygen atoms in total. The predicted molar refractivity (Wildman–Crippen MR) is 169 cm³/mol. The summed E-state index contributed by atoms with van der Waals surface area (Å²) in [5.41, 5.74) is 5.42. The van der Waals surface area contributed by atoms with Crippen molar-refractivity contribution in [3.05, 3.63) is 144 Å². The van der Waals surface area contributed by atoms with E-state index >= 15 is 0 Å². The maximum Gasteiger partial charge on any atom is 0.355 e. The molecule has 41 heavy (non-hydrogen) atoms. The Labute approximate surface area is 236 Å². The number of rotatable bonds is 3. The molecule has 0 unspecified atom stereocenters. The molecule has 0 radical (unpaired) electrons. The van der Waals surface area contributed by atoms with Gasteiger partial charge in [-0.15, -0.1) is 0 Å². The third-order valence-electron chi connectivity index (χ3n) is 8.08. The number of allylic oxidation sites excluding steroid dienone is 4. The molecule has 0 saturated heterocycles. The number of hydrogen-bond acceptors (Lipinski definition) is 3. The minimum absolute atomic E-state index is 0.323. The summed E-state index contributed by atoms with van der Waals surface area (Å²) in [5, 5.41) is 7.57. The minimum atomic E-state index is -0.323. The van der Waals surface area contributed by atoms with Crippen molar-refractivity contribution in [2.45, 2.75) is 12.8 Å². The quantitative estimate of drug-likeness (QED) is 0.216. The molecule has 0 bridgehead atoms. The van der Waals surface area contributed by atoms with Crippen molar-refractivity contribution in [3.63, 3.8) is 0 Å². The molecule has 1 aliphatic carbocycles. The van der Waals surface area contributed by atoms with Crippen LogP contribution in [0.25, 0.3) is 65.8 Å². The van der Waals surface area contributed by atoms with Crippen LogP contribution in [0.1, 0.15) is 18.7 Å². The molecule has 0 N–H and O–H groups in total. The van der Waals surface area contributed by atoms with Gasteiger partial charge in [0.05, 0.1) is 0 Å². The molecule has 1 aliphatic rings. The molecule has 0 amide bonds. The molecule has 0 fully saturated rings. The Kier molecular flexibility index (Phi) is 5.39. The van der Waals surface area contributed by atoms with E-state index in [1.54, 1.807) is 0 Å². The summed E-state index contributed by atoms with van der Waals surface area (Å²) in [4.78, 5) is 21.9. The third kappa shape index (κ3) is 3.95. The standard InChI is InChI=1S/C37H25N3O/c41-37-39-36(24-9-2-1-3-10-24)38-35-20-18-28(23-40(35)37)26-12-8-11-25(21-26)27-17-19-33-31-15-5-4-13-29(31)30-14-6-7-16-32(30)34(33)22-27/h2,4-23H,1,3H2. The highest BCUT2D eigenvalue weighted by Crippen LogP contribution is 2.37. The Hall–Kier alpha value is -5.35. The van der Waals surface area contributed by atoms with Crippen LogP contribution in [-0.2, 0) is 0 Å². The monoisotopic (exact) mass is 527 g/mol. The Bertz CT molecular complexity index is 2260. The molecule has 2 aromatic heterocycles. The van der Waals surface area contributed by atoms with Crippen molar-refractivity contribution in [3.8, 4) is 22.3 Å². The first-order chi connectivity index (χ1) is 20.2. The molecule has 8 rings (SSSR count). The van der Waals surface area contributed by atoms with E-state index < -0.39 is 0 Å². The molecule has 7 aromatic rings. The fraction of sp³-hybridized carbons (Fsp3) is 0.0541. The van der Waals surface area contributed by atoms with Crippen molar-refractivity contribution in [1.82, 2.24) is 14.4 Å². The molecular formula is C37H25N3O. The second-order valence-electron chi connectivity index (χ2n) is 10.5. The lowest BCUT2D eigenvalue weighted by Crippen LogP contribution is -2.20. The maximum atomic E-state index is 13.0. The zero-order valence-electron chi connectivity index (χ0n) is 22.3. The van der Waals surface area contributed by atoms with Gasteiger partial charge < -0.3 is 0 Å². The van der Waals surface area contributed by atoms with Gasteiger partial charge in [-0.3, -0.25) is 4.40 Å². The Balaban J connectivity index is 1.23. The lowest BCUT2D eigenvalue weighted by molar-refractivity contribution is 0.922. The van der Waals surface area contributed by atoms with E-state index in [-0.39, 0.29) is 5.69 Å². The van der Waals surface area contributed by atoms with Gasteiger partial charge in [0.15, 0.2) is 5.82 Å². The molecule has 5 aromatic carbocycles. The molecule has 0 saturated carbocycles. The van der Waals surface area contributed by atoms with E-state index in [1.165, 1.54) is 36.7 Å². The molecule has 0 aliphatic heterocycles. The van der Waals surface area contributed by atoms with Crippen molar-refractivity contribution >= 4 is 43.5 Å². The molecule has 0 spiro atoms. The lowest BCUT2D eigenvalue weighted by Gasteiger charge is -2.13. The van der Waals surface area contributed by atoms with E-state index in [2.05, 4.69) is 113 Å². The van der Waals surface area contributed by atoms with E-state index in [9.17, 15) is 4.79 Å². The van der Waals surface area contributed by atoms with Crippen LogP contribution in [0.5, 0.6) is 0 Å². The Morgan fingerprint density at radius 1 is 0.561 bits per heavy atom. The number of benzene rings is 5. The Morgan fingerprint density at radius 3 is 1.90 bits per heavy atom. The van der Waals surface area contributed by atoms with Gasteiger partial charge in [-0.1, -0.05) is 97.1 Å². The summed E-state index contributed by atoms with van der Waals surface area (Å²) in [7, 11) is 0. The highest BCUT2D eigenvalue weighted by atomic mass is 16.1. The smallest absolute Gasteiger partial charge is 0.251 e. The average molecular weight is 528 g/mol. The summed E-state index contributed by atoms with van der Waals surface area (Å²) in [6.07, 6.45) is 9.96. The number of aromatic nitrogens is 3. The van der Waals surface area contributed by atoms with Gasteiger partial charge in [-0.2, -0.15) is 4.98 Å². The summed E-state index contributed by atoms with van der Waals surface area (Å²) in [6.45, 7) is 0. The molecule has 4 heteroatoms. The largest absolute Gasteiger partial charge is 0.355 e. The number of nitrogens with zero attached hydrogens (tertiary/aromatic N) is 3. The van der Waals surface area contributed by atoms with Crippen LogP contribution < -0.4 is 5.69 Å². The normalized spacial score (nSPS) is 13.3. The van der Waals surface area contributed by atoms with Crippen LogP contribution in [0.3, 0.4) is 0 Å². The van der Waals surface area contributed by atoms with Crippen molar-refractivity contribution < 1.29 is 0 Å². The highest BCUT2D eigenvalue weighted by molar-refractivity contribution is 6.25. The summed E-state index contributed by atoms with van der Waals surface area (Å²) < 4.78 is 1.53. The summed E-state index contributed by atoms with van der Waals surface area (Å²) in [6, 6.07) is 36.4. The summed E-state index contributed by atoms with van der Waals surface area (Å²) >= 11 is 0. The zero-order valence-corrected chi connectivity index (χ0v) is 22.3. The van der Waals surface area contributed by atoms with E-state index in [1.807, 2.05) is 24.4 Å². The van der Waals surface area contributed by atoms with Crippen LogP contribution in [-0.4, -0.2) is 14.4 Å².